The van der Waals surface area contributed by atoms with Crippen molar-refractivity contribution < 1.29 is 14.4 Å². The molecule has 0 radical (unpaired) electrons. The van der Waals surface area contributed by atoms with Crippen molar-refractivity contribution in [1.82, 2.24) is 4.90 Å². The molecule has 2 aliphatic rings. The second-order valence-corrected chi connectivity index (χ2v) is 5.98. The number of nitrogens with one attached hydrogen (secondary N) is 1. The number of carbonyl (C=O) groups is 3. The Hall–Kier alpha value is -2.37. The number of amides is 3. The fraction of sp³-hybridized carbons (Fsp3) is 0.471. The summed E-state index contributed by atoms with van der Waals surface area (Å²) in [5.41, 5.74) is 1.91. The van der Waals surface area contributed by atoms with Crippen LogP contribution in [-0.2, 0) is 14.4 Å². The van der Waals surface area contributed by atoms with Gasteiger partial charge in [-0.15, -0.1) is 0 Å². The first kappa shape index (κ1) is 15.5. The van der Waals surface area contributed by atoms with E-state index < -0.39 is 0 Å². The molecule has 122 valence electrons. The molecule has 0 spiro atoms. The van der Waals surface area contributed by atoms with E-state index >= 15 is 0 Å². The van der Waals surface area contributed by atoms with Gasteiger partial charge in [0.2, 0.25) is 17.7 Å². The Morgan fingerprint density at radius 2 is 1.61 bits per heavy atom. The zero-order chi connectivity index (χ0) is 16.2. The van der Waals surface area contributed by atoms with E-state index in [1.54, 1.807) is 0 Å². The van der Waals surface area contributed by atoms with E-state index in [0.29, 0.717) is 0 Å². The molecule has 2 heterocycles. The van der Waals surface area contributed by atoms with E-state index in [1.165, 1.54) is 23.4 Å². The fourth-order valence-electron chi connectivity index (χ4n) is 3.04. The van der Waals surface area contributed by atoms with Gasteiger partial charge in [-0.2, -0.15) is 0 Å². The summed E-state index contributed by atoms with van der Waals surface area (Å²) in [6.07, 6.45) is 3.11. The number of hydrogen-bond donors (Lipinski definition) is 1. The summed E-state index contributed by atoms with van der Waals surface area (Å²) in [5.74, 6) is -0.554. The van der Waals surface area contributed by atoms with Gasteiger partial charge in [0, 0.05) is 50.3 Å². The highest BCUT2D eigenvalue weighted by atomic mass is 16.2. The van der Waals surface area contributed by atoms with Gasteiger partial charge in [0.05, 0.1) is 0 Å². The predicted molar refractivity (Wildman–Crippen MR) is 87.1 cm³/mol. The van der Waals surface area contributed by atoms with Gasteiger partial charge < -0.3 is 10.2 Å². The summed E-state index contributed by atoms with van der Waals surface area (Å²) in [5, 5.41) is 2.81. The van der Waals surface area contributed by atoms with Crippen LogP contribution in [0, 0.1) is 0 Å². The van der Waals surface area contributed by atoms with Crippen LogP contribution in [0.4, 0.5) is 11.4 Å². The van der Waals surface area contributed by atoms with Crippen molar-refractivity contribution in [3.8, 4) is 0 Å². The second kappa shape index (κ2) is 6.81. The maximum Gasteiger partial charge on any atom is 0.229 e. The number of hydrogen-bond acceptors (Lipinski definition) is 4. The van der Waals surface area contributed by atoms with Crippen molar-refractivity contribution in [1.29, 1.82) is 0 Å². The average Bonchev–Trinajstić information content (AvgIpc) is 3.17. The molecule has 0 aromatic heterocycles. The Kier molecular flexibility index (Phi) is 4.60. The molecular weight excluding hydrogens is 294 g/mol. The van der Waals surface area contributed by atoms with E-state index in [0.717, 1.165) is 18.8 Å². The molecule has 0 aliphatic carbocycles. The molecule has 1 aromatic rings. The minimum Gasteiger partial charge on any atom is -0.372 e. The molecule has 0 saturated carbocycles. The minimum atomic E-state index is -0.188. The van der Waals surface area contributed by atoms with Gasteiger partial charge >= 0.3 is 0 Å². The first-order chi connectivity index (χ1) is 11.1. The van der Waals surface area contributed by atoms with Crippen LogP contribution in [0.5, 0.6) is 0 Å². The van der Waals surface area contributed by atoms with E-state index in [2.05, 4.69) is 10.2 Å². The summed E-state index contributed by atoms with van der Waals surface area (Å²) in [7, 11) is 0. The lowest BCUT2D eigenvalue weighted by Gasteiger charge is -2.18. The van der Waals surface area contributed by atoms with E-state index in [4.69, 9.17) is 0 Å². The monoisotopic (exact) mass is 315 g/mol. The smallest absolute Gasteiger partial charge is 0.229 e. The molecule has 23 heavy (non-hydrogen) atoms. The summed E-state index contributed by atoms with van der Waals surface area (Å²) in [6, 6.07) is 7.79. The molecule has 0 atom stereocenters. The lowest BCUT2D eigenvalue weighted by molar-refractivity contribution is -0.138. The third kappa shape index (κ3) is 3.70. The number of imide groups is 1. The summed E-state index contributed by atoms with van der Waals surface area (Å²) < 4.78 is 0. The average molecular weight is 315 g/mol. The summed E-state index contributed by atoms with van der Waals surface area (Å²) >= 11 is 0. The molecule has 2 aliphatic heterocycles. The van der Waals surface area contributed by atoms with Crippen LogP contribution in [0.25, 0.3) is 0 Å². The number of nitrogens with zero attached hydrogens (tertiary/aromatic N) is 2. The highest BCUT2D eigenvalue weighted by Gasteiger charge is 2.28. The molecule has 1 N–H and O–H groups in total. The molecule has 1 aromatic carbocycles. The van der Waals surface area contributed by atoms with Crippen LogP contribution in [0.15, 0.2) is 24.3 Å². The van der Waals surface area contributed by atoms with Crippen LogP contribution < -0.4 is 10.2 Å². The first-order valence-corrected chi connectivity index (χ1v) is 8.11. The Morgan fingerprint density at radius 1 is 1.00 bits per heavy atom. The molecular formula is C17H21N3O3. The summed E-state index contributed by atoms with van der Waals surface area (Å²) in [4.78, 5) is 38.4. The number of benzene rings is 1. The van der Waals surface area contributed by atoms with Crippen molar-refractivity contribution in [3.05, 3.63) is 24.3 Å². The number of anilines is 2. The van der Waals surface area contributed by atoms with Crippen LogP contribution in [0.3, 0.4) is 0 Å². The van der Waals surface area contributed by atoms with Gasteiger partial charge in [-0.05, 0) is 37.1 Å². The quantitative estimate of drug-likeness (QED) is 0.841. The highest BCUT2D eigenvalue weighted by molar-refractivity contribution is 6.02. The lowest BCUT2D eigenvalue weighted by Crippen LogP contribution is -2.32. The molecule has 3 rings (SSSR count). The largest absolute Gasteiger partial charge is 0.372 e. The van der Waals surface area contributed by atoms with E-state index in [9.17, 15) is 14.4 Å². The molecule has 6 heteroatoms. The standard InChI is InChI=1S/C17H21N3O3/c21-15(9-12-20-16(22)7-8-17(20)23)18-13-3-5-14(6-4-13)19-10-1-2-11-19/h3-6H,1-2,7-12H2,(H,18,21). The molecule has 3 amide bonds. The summed E-state index contributed by atoms with van der Waals surface area (Å²) in [6.45, 7) is 2.34. The zero-order valence-electron chi connectivity index (χ0n) is 13.1. The first-order valence-electron chi connectivity index (χ1n) is 8.11. The Bertz CT molecular complexity index is 590. The topological polar surface area (TPSA) is 69.7 Å². The van der Waals surface area contributed by atoms with Crippen LogP contribution in [0.1, 0.15) is 32.1 Å². The van der Waals surface area contributed by atoms with Crippen molar-refractivity contribution in [2.24, 2.45) is 0 Å². The zero-order valence-corrected chi connectivity index (χ0v) is 13.1. The third-order valence-electron chi connectivity index (χ3n) is 4.34. The number of carbonyl (C=O) groups excluding carboxylic acids is 3. The van der Waals surface area contributed by atoms with Crippen molar-refractivity contribution in [3.63, 3.8) is 0 Å². The molecule has 0 unspecified atom stereocenters. The number of likely N-dealkylation sites (tertiary alicyclic amines) is 1. The van der Waals surface area contributed by atoms with Gasteiger partial charge in [0.1, 0.15) is 0 Å². The third-order valence-corrected chi connectivity index (χ3v) is 4.34. The Morgan fingerprint density at radius 3 is 2.22 bits per heavy atom. The molecule has 6 nitrogen and oxygen atoms in total. The molecule has 2 saturated heterocycles. The van der Waals surface area contributed by atoms with Gasteiger partial charge in [-0.1, -0.05) is 0 Å². The van der Waals surface area contributed by atoms with Crippen LogP contribution in [-0.4, -0.2) is 42.3 Å². The highest BCUT2D eigenvalue weighted by Crippen LogP contribution is 2.22. The SMILES string of the molecule is O=C(CCN1C(=O)CCC1=O)Nc1ccc(N2CCCC2)cc1. The van der Waals surface area contributed by atoms with Crippen molar-refractivity contribution in [2.75, 3.05) is 29.9 Å². The second-order valence-electron chi connectivity index (χ2n) is 5.98. The molecule has 2 fully saturated rings. The van der Waals surface area contributed by atoms with Gasteiger partial charge in [0.25, 0.3) is 0 Å². The Balaban J connectivity index is 1.49. The van der Waals surface area contributed by atoms with Crippen LogP contribution >= 0.6 is 0 Å². The van der Waals surface area contributed by atoms with Crippen LogP contribution in [0.2, 0.25) is 0 Å². The van der Waals surface area contributed by atoms with Gasteiger partial charge in [-0.3, -0.25) is 19.3 Å². The van der Waals surface area contributed by atoms with Gasteiger partial charge in [-0.25, -0.2) is 0 Å². The number of rotatable bonds is 5. The van der Waals surface area contributed by atoms with E-state index in [1.807, 2.05) is 24.3 Å². The van der Waals surface area contributed by atoms with Crippen molar-refractivity contribution in [2.45, 2.75) is 32.1 Å². The fourth-order valence-corrected chi connectivity index (χ4v) is 3.04. The van der Waals surface area contributed by atoms with E-state index in [-0.39, 0.29) is 43.5 Å². The normalized spacial score (nSPS) is 17.9. The predicted octanol–water partition coefficient (Wildman–Crippen LogP) is 1.76. The minimum absolute atomic E-state index is 0.130. The Labute approximate surface area is 135 Å². The maximum absolute atomic E-state index is 12.0. The lowest BCUT2D eigenvalue weighted by atomic mass is 10.2. The maximum atomic E-state index is 12.0. The van der Waals surface area contributed by atoms with Crippen molar-refractivity contribution >= 4 is 29.1 Å². The van der Waals surface area contributed by atoms with Gasteiger partial charge in [0.15, 0.2) is 0 Å². The molecule has 0 bridgehead atoms.